The van der Waals surface area contributed by atoms with Crippen LogP contribution in [-0.4, -0.2) is 37.6 Å². The number of ether oxygens (including phenoxy) is 1. The number of nitrogens with zero attached hydrogens (tertiary/aromatic N) is 1. The third-order valence-electron chi connectivity index (χ3n) is 5.28. The number of carbonyl (C=O) groups is 1. The number of carbonyl (C=O) groups excluding carboxylic acids is 1. The normalized spacial score (nSPS) is 15.4. The van der Waals surface area contributed by atoms with Crippen LogP contribution < -0.4 is 10.1 Å². The summed E-state index contributed by atoms with van der Waals surface area (Å²) in [5.41, 5.74) is 2.59. The van der Waals surface area contributed by atoms with E-state index in [1.165, 1.54) is 11.1 Å². The maximum absolute atomic E-state index is 12.4. The third kappa shape index (κ3) is 6.10. The van der Waals surface area contributed by atoms with E-state index in [1.54, 1.807) is 7.11 Å². The highest BCUT2D eigenvalue weighted by Gasteiger charge is 2.24. The molecule has 27 heavy (non-hydrogen) atoms. The van der Waals surface area contributed by atoms with Crippen LogP contribution in [0, 0.1) is 5.92 Å². The number of amides is 1. The second-order valence-corrected chi connectivity index (χ2v) is 7.28. The Labute approximate surface area is 162 Å². The number of aryl methyl sites for hydroxylation is 1. The summed E-state index contributed by atoms with van der Waals surface area (Å²) in [7, 11) is 1.69. The second kappa shape index (κ2) is 10.1. The van der Waals surface area contributed by atoms with E-state index in [0.717, 1.165) is 57.6 Å². The van der Waals surface area contributed by atoms with Crippen molar-refractivity contribution in [3.8, 4) is 5.75 Å². The van der Waals surface area contributed by atoms with Crippen LogP contribution in [0.5, 0.6) is 5.75 Å². The number of benzene rings is 2. The zero-order chi connectivity index (χ0) is 18.9. The molecule has 2 aromatic rings. The van der Waals surface area contributed by atoms with Crippen LogP contribution in [-0.2, 0) is 17.8 Å². The Bertz CT molecular complexity index is 709. The number of hydrogen-bond donors (Lipinski definition) is 1. The van der Waals surface area contributed by atoms with Gasteiger partial charge in [0, 0.05) is 19.0 Å². The fraction of sp³-hybridized carbons (Fsp3) is 0.435. The molecule has 0 radical (unpaired) electrons. The van der Waals surface area contributed by atoms with Crippen LogP contribution in [0.3, 0.4) is 0 Å². The topological polar surface area (TPSA) is 41.6 Å². The van der Waals surface area contributed by atoms with E-state index in [2.05, 4.69) is 46.6 Å². The highest BCUT2D eigenvalue weighted by molar-refractivity contribution is 5.78. The van der Waals surface area contributed by atoms with E-state index in [9.17, 15) is 4.79 Å². The molecule has 0 saturated carbocycles. The quantitative estimate of drug-likeness (QED) is 0.725. The zero-order valence-electron chi connectivity index (χ0n) is 16.2. The highest BCUT2D eigenvalue weighted by Crippen LogP contribution is 2.19. The molecule has 1 N–H and O–H groups in total. The minimum absolute atomic E-state index is 0.161. The van der Waals surface area contributed by atoms with Crippen molar-refractivity contribution in [2.24, 2.45) is 5.92 Å². The number of rotatable bonds is 8. The average Bonchev–Trinajstić information content (AvgIpc) is 2.72. The lowest BCUT2D eigenvalue weighted by Crippen LogP contribution is -2.40. The summed E-state index contributed by atoms with van der Waals surface area (Å²) >= 11 is 0. The lowest BCUT2D eigenvalue weighted by Gasteiger charge is -2.31. The average molecular weight is 367 g/mol. The van der Waals surface area contributed by atoms with E-state index in [0.29, 0.717) is 0 Å². The van der Waals surface area contributed by atoms with Crippen molar-refractivity contribution in [3.05, 3.63) is 65.7 Å². The molecule has 4 nitrogen and oxygen atoms in total. The first-order valence-electron chi connectivity index (χ1n) is 9.91. The molecule has 1 aliphatic heterocycles. The van der Waals surface area contributed by atoms with Crippen molar-refractivity contribution in [2.75, 3.05) is 26.7 Å². The molecule has 0 aromatic heterocycles. The van der Waals surface area contributed by atoms with Gasteiger partial charge in [-0.1, -0.05) is 42.5 Å². The van der Waals surface area contributed by atoms with Gasteiger partial charge in [-0.25, -0.2) is 0 Å². The first-order chi connectivity index (χ1) is 13.2. The molecular weight excluding hydrogens is 336 g/mol. The lowest BCUT2D eigenvalue weighted by molar-refractivity contribution is -0.126. The molecular formula is C23H30N2O2. The fourth-order valence-corrected chi connectivity index (χ4v) is 3.67. The summed E-state index contributed by atoms with van der Waals surface area (Å²) in [6.07, 6.45) is 3.81. The van der Waals surface area contributed by atoms with Gasteiger partial charge in [-0.15, -0.1) is 0 Å². The molecule has 0 atom stereocenters. The van der Waals surface area contributed by atoms with Crippen LogP contribution in [0.1, 0.15) is 30.4 Å². The molecule has 1 heterocycles. The van der Waals surface area contributed by atoms with Gasteiger partial charge < -0.3 is 10.1 Å². The van der Waals surface area contributed by atoms with Crippen LogP contribution in [0.4, 0.5) is 0 Å². The Kier molecular flexibility index (Phi) is 7.28. The maximum Gasteiger partial charge on any atom is 0.223 e. The van der Waals surface area contributed by atoms with Gasteiger partial charge in [0.25, 0.3) is 0 Å². The summed E-state index contributed by atoms with van der Waals surface area (Å²) in [5.74, 6) is 1.27. The van der Waals surface area contributed by atoms with Crippen molar-refractivity contribution in [1.82, 2.24) is 10.2 Å². The Morgan fingerprint density at radius 2 is 1.81 bits per heavy atom. The molecule has 0 unspecified atom stereocenters. The summed E-state index contributed by atoms with van der Waals surface area (Å²) in [5, 5.41) is 3.13. The van der Waals surface area contributed by atoms with Gasteiger partial charge in [-0.2, -0.15) is 0 Å². The molecule has 1 amide bonds. The van der Waals surface area contributed by atoms with E-state index >= 15 is 0 Å². The fourth-order valence-electron chi connectivity index (χ4n) is 3.67. The summed E-state index contributed by atoms with van der Waals surface area (Å²) < 4.78 is 5.25. The van der Waals surface area contributed by atoms with Crippen molar-refractivity contribution in [3.63, 3.8) is 0 Å². The predicted molar refractivity (Wildman–Crippen MR) is 109 cm³/mol. The summed E-state index contributed by atoms with van der Waals surface area (Å²) in [6.45, 7) is 3.71. The van der Waals surface area contributed by atoms with Crippen molar-refractivity contribution in [2.45, 2.75) is 32.2 Å². The molecule has 3 rings (SSSR count). The molecule has 1 aliphatic rings. The SMILES string of the molecule is COc1cccc(CCCNC(=O)C2CCN(Cc3ccccc3)CC2)c1. The van der Waals surface area contributed by atoms with Crippen LogP contribution in [0.2, 0.25) is 0 Å². The molecule has 0 aliphatic carbocycles. The van der Waals surface area contributed by atoms with Crippen molar-refractivity contribution < 1.29 is 9.53 Å². The summed E-state index contributed by atoms with van der Waals surface area (Å²) in [6, 6.07) is 18.7. The Morgan fingerprint density at radius 3 is 2.56 bits per heavy atom. The molecule has 0 bridgehead atoms. The minimum atomic E-state index is 0.161. The van der Waals surface area contributed by atoms with E-state index in [4.69, 9.17) is 4.74 Å². The van der Waals surface area contributed by atoms with Gasteiger partial charge in [0.2, 0.25) is 5.91 Å². The monoisotopic (exact) mass is 366 g/mol. The number of likely N-dealkylation sites (tertiary alicyclic amines) is 1. The van der Waals surface area contributed by atoms with Gasteiger partial charge in [0.15, 0.2) is 0 Å². The number of piperidine rings is 1. The zero-order valence-corrected chi connectivity index (χ0v) is 16.2. The van der Waals surface area contributed by atoms with E-state index in [1.807, 2.05) is 18.2 Å². The number of nitrogens with one attached hydrogen (secondary N) is 1. The number of hydrogen-bond acceptors (Lipinski definition) is 3. The standard InChI is InChI=1S/C23H30N2O2/c1-27-22-11-5-9-19(17-22)10-6-14-24-23(26)21-12-15-25(16-13-21)18-20-7-3-2-4-8-20/h2-5,7-9,11,17,21H,6,10,12-16,18H2,1H3,(H,24,26). The lowest BCUT2D eigenvalue weighted by atomic mass is 9.95. The summed E-state index contributed by atoms with van der Waals surface area (Å²) in [4.78, 5) is 14.9. The van der Waals surface area contributed by atoms with Gasteiger partial charge in [-0.3, -0.25) is 9.69 Å². The first-order valence-corrected chi connectivity index (χ1v) is 9.91. The van der Waals surface area contributed by atoms with Crippen LogP contribution in [0.15, 0.2) is 54.6 Å². The number of methoxy groups -OCH3 is 1. The van der Waals surface area contributed by atoms with Gasteiger partial charge in [0.05, 0.1) is 7.11 Å². The Hall–Kier alpha value is -2.33. The molecule has 2 aromatic carbocycles. The Balaban J connectivity index is 1.33. The maximum atomic E-state index is 12.4. The Morgan fingerprint density at radius 1 is 1.07 bits per heavy atom. The molecule has 1 saturated heterocycles. The van der Waals surface area contributed by atoms with Gasteiger partial charge >= 0.3 is 0 Å². The highest BCUT2D eigenvalue weighted by atomic mass is 16.5. The largest absolute Gasteiger partial charge is 0.497 e. The van der Waals surface area contributed by atoms with Crippen molar-refractivity contribution in [1.29, 1.82) is 0 Å². The minimum Gasteiger partial charge on any atom is -0.497 e. The molecule has 4 heteroatoms. The first kappa shape index (κ1) is 19.4. The second-order valence-electron chi connectivity index (χ2n) is 7.28. The predicted octanol–water partition coefficient (Wildman–Crippen LogP) is 3.66. The van der Waals surface area contributed by atoms with E-state index in [-0.39, 0.29) is 11.8 Å². The van der Waals surface area contributed by atoms with Crippen molar-refractivity contribution >= 4 is 5.91 Å². The molecule has 1 fully saturated rings. The van der Waals surface area contributed by atoms with E-state index < -0.39 is 0 Å². The third-order valence-corrected chi connectivity index (χ3v) is 5.28. The smallest absolute Gasteiger partial charge is 0.223 e. The van der Waals surface area contributed by atoms with Gasteiger partial charge in [-0.05, 0) is 62.0 Å². The van der Waals surface area contributed by atoms with Gasteiger partial charge in [0.1, 0.15) is 5.75 Å². The molecule has 0 spiro atoms. The molecule has 144 valence electrons. The van der Waals surface area contributed by atoms with Crippen LogP contribution in [0.25, 0.3) is 0 Å². The van der Waals surface area contributed by atoms with Crippen LogP contribution >= 0.6 is 0 Å².